The standard InChI is InChI=1S/C13H10N4O/c18-13-9-11(10-5-1-3-7-14-10)16-17(13)12-6-2-4-8-15-12/h1-8H,9H2. The van der Waals surface area contributed by atoms with Gasteiger partial charge in [0.2, 0.25) is 0 Å². The van der Waals surface area contributed by atoms with Crippen LogP contribution in [-0.4, -0.2) is 21.6 Å². The minimum atomic E-state index is -0.0886. The second-order valence-electron chi connectivity index (χ2n) is 3.83. The third kappa shape index (κ3) is 1.86. The Kier molecular flexibility index (Phi) is 2.57. The van der Waals surface area contributed by atoms with Crippen molar-refractivity contribution < 1.29 is 4.79 Å². The van der Waals surface area contributed by atoms with Crippen LogP contribution in [0.2, 0.25) is 0 Å². The second kappa shape index (κ2) is 4.37. The van der Waals surface area contributed by atoms with Crippen molar-refractivity contribution in [3.05, 3.63) is 54.5 Å². The average Bonchev–Trinajstić information content (AvgIpc) is 2.83. The highest BCUT2D eigenvalue weighted by Crippen LogP contribution is 2.19. The molecular weight excluding hydrogens is 228 g/mol. The minimum absolute atomic E-state index is 0.0886. The summed E-state index contributed by atoms with van der Waals surface area (Å²) < 4.78 is 0. The largest absolute Gasteiger partial charge is 0.272 e. The predicted molar refractivity (Wildman–Crippen MR) is 67.1 cm³/mol. The van der Waals surface area contributed by atoms with Gasteiger partial charge in [0.15, 0.2) is 5.82 Å². The van der Waals surface area contributed by atoms with E-state index in [9.17, 15) is 4.79 Å². The lowest BCUT2D eigenvalue weighted by Crippen LogP contribution is -2.20. The molecule has 2 aromatic rings. The van der Waals surface area contributed by atoms with Crippen LogP contribution in [0.1, 0.15) is 12.1 Å². The van der Waals surface area contributed by atoms with E-state index >= 15 is 0 Å². The zero-order valence-electron chi connectivity index (χ0n) is 9.52. The van der Waals surface area contributed by atoms with Crippen LogP contribution in [0.4, 0.5) is 5.82 Å². The molecule has 1 aliphatic heterocycles. The van der Waals surface area contributed by atoms with Gasteiger partial charge in [-0.2, -0.15) is 10.1 Å². The Morgan fingerprint density at radius 1 is 1.00 bits per heavy atom. The van der Waals surface area contributed by atoms with Crippen molar-refractivity contribution in [1.29, 1.82) is 0 Å². The number of pyridine rings is 2. The van der Waals surface area contributed by atoms with Gasteiger partial charge in [-0.25, -0.2) is 4.98 Å². The molecule has 5 nitrogen and oxygen atoms in total. The summed E-state index contributed by atoms with van der Waals surface area (Å²) >= 11 is 0. The molecule has 0 atom stereocenters. The number of aromatic nitrogens is 2. The van der Waals surface area contributed by atoms with Crippen LogP contribution >= 0.6 is 0 Å². The molecule has 1 amide bonds. The number of rotatable bonds is 2. The summed E-state index contributed by atoms with van der Waals surface area (Å²) in [5, 5.41) is 5.61. The van der Waals surface area contributed by atoms with E-state index < -0.39 is 0 Å². The molecule has 2 aromatic heterocycles. The number of anilines is 1. The fraction of sp³-hybridized carbons (Fsp3) is 0.0769. The molecule has 0 spiro atoms. The van der Waals surface area contributed by atoms with E-state index in [-0.39, 0.29) is 12.3 Å². The van der Waals surface area contributed by atoms with Crippen LogP contribution in [0.3, 0.4) is 0 Å². The molecule has 88 valence electrons. The first-order valence-corrected chi connectivity index (χ1v) is 5.57. The molecule has 0 aliphatic carbocycles. The van der Waals surface area contributed by atoms with Crippen LogP contribution < -0.4 is 5.01 Å². The first-order valence-electron chi connectivity index (χ1n) is 5.57. The summed E-state index contributed by atoms with van der Waals surface area (Å²) in [5.74, 6) is 0.447. The van der Waals surface area contributed by atoms with Crippen LogP contribution in [0.25, 0.3) is 0 Å². The highest BCUT2D eigenvalue weighted by molar-refractivity contribution is 6.18. The molecular formula is C13H10N4O. The Labute approximate surface area is 104 Å². The summed E-state index contributed by atoms with van der Waals surface area (Å²) in [7, 11) is 0. The first kappa shape index (κ1) is 10.6. The first-order chi connectivity index (χ1) is 8.84. The maximum absolute atomic E-state index is 11.9. The Bertz CT molecular complexity index is 595. The third-order valence-electron chi connectivity index (χ3n) is 2.60. The van der Waals surface area contributed by atoms with Gasteiger partial charge in [0.1, 0.15) is 0 Å². The van der Waals surface area contributed by atoms with Gasteiger partial charge < -0.3 is 0 Å². The fourth-order valence-electron chi connectivity index (χ4n) is 1.76. The van der Waals surface area contributed by atoms with Gasteiger partial charge in [-0.1, -0.05) is 12.1 Å². The molecule has 0 unspecified atom stereocenters. The number of hydrazone groups is 1. The Morgan fingerprint density at radius 3 is 2.44 bits per heavy atom. The molecule has 0 saturated heterocycles. The summed E-state index contributed by atoms with van der Waals surface area (Å²) in [6, 6.07) is 10.9. The van der Waals surface area contributed by atoms with Gasteiger partial charge in [0.25, 0.3) is 5.91 Å². The zero-order chi connectivity index (χ0) is 12.4. The smallest absolute Gasteiger partial charge is 0.255 e. The molecule has 3 rings (SSSR count). The number of carbonyl (C=O) groups is 1. The molecule has 18 heavy (non-hydrogen) atoms. The molecule has 0 saturated carbocycles. The summed E-state index contributed by atoms with van der Waals surface area (Å²) in [6.07, 6.45) is 3.58. The van der Waals surface area contributed by atoms with Gasteiger partial charge in [0, 0.05) is 12.4 Å². The molecule has 0 radical (unpaired) electrons. The SMILES string of the molecule is O=C1CC(c2ccccn2)=NN1c1ccccn1. The fourth-order valence-corrected chi connectivity index (χ4v) is 1.76. The van der Waals surface area contributed by atoms with Crippen molar-refractivity contribution in [3.63, 3.8) is 0 Å². The van der Waals surface area contributed by atoms with Gasteiger partial charge in [-0.05, 0) is 24.3 Å². The van der Waals surface area contributed by atoms with Crippen molar-refractivity contribution in [2.75, 3.05) is 5.01 Å². The number of hydrogen-bond donors (Lipinski definition) is 0. The maximum Gasteiger partial charge on any atom is 0.255 e. The number of nitrogens with zero attached hydrogens (tertiary/aromatic N) is 4. The van der Waals surface area contributed by atoms with Crippen LogP contribution in [-0.2, 0) is 4.79 Å². The molecule has 1 aliphatic rings. The monoisotopic (exact) mass is 238 g/mol. The normalized spacial score (nSPS) is 14.8. The molecule has 5 heteroatoms. The van der Waals surface area contributed by atoms with E-state index in [1.54, 1.807) is 24.5 Å². The van der Waals surface area contributed by atoms with Crippen molar-refractivity contribution in [2.45, 2.75) is 6.42 Å². The Hall–Kier alpha value is -2.56. The van der Waals surface area contributed by atoms with Gasteiger partial charge in [0.05, 0.1) is 17.8 Å². The number of hydrogen-bond acceptors (Lipinski definition) is 4. The summed E-state index contributed by atoms with van der Waals surface area (Å²) in [4.78, 5) is 20.2. The van der Waals surface area contributed by atoms with E-state index in [1.807, 2.05) is 24.3 Å². The van der Waals surface area contributed by atoms with E-state index in [0.29, 0.717) is 11.5 Å². The lowest BCUT2D eigenvalue weighted by atomic mass is 10.2. The Balaban J connectivity index is 1.95. The summed E-state index contributed by atoms with van der Waals surface area (Å²) in [6.45, 7) is 0. The molecule has 0 bridgehead atoms. The van der Waals surface area contributed by atoms with E-state index in [0.717, 1.165) is 5.69 Å². The highest BCUT2D eigenvalue weighted by Gasteiger charge is 2.27. The minimum Gasteiger partial charge on any atom is -0.272 e. The highest BCUT2D eigenvalue weighted by atomic mass is 16.2. The zero-order valence-corrected chi connectivity index (χ0v) is 9.52. The topological polar surface area (TPSA) is 58.5 Å². The van der Waals surface area contributed by atoms with Crippen LogP contribution in [0, 0.1) is 0 Å². The van der Waals surface area contributed by atoms with E-state index in [4.69, 9.17) is 0 Å². The molecule has 0 N–H and O–H groups in total. The summed E-state index contributed by atoms with van der Waals surface area (Å²) in [5.41, 5.74) is 1.40. The number of amides is 1. The van der Waals surface area contributed by atoms with Crippen molar-refractivity contribution in [2.24, 2.45) is 5.10 Å². The van der Waals surface area contributed by atoms with Crippen molar-refractivity contribution in [1.82, 2.24) is 9.97 Å². The predicted octanol–water partition coefficient (Wildman–Crippen LogP) is 1.62. The Morgan fingerprint density at radius 2 is 1.78 bits per heavy atom. The van der Waals surface area contributed by atoms with E-state index in [1.165, 1.54) is 5.01 Å². The van der Waals surface area contributed by atoms with Crippen molar-refractivity contribution >= 4 is 17.4 Å². The average molecular weight is 238 g/mol. The second-order valence-corrected chi connectivity index (χ2v) is 3.83. The lowest BCUT2D eigenvalue weighted by Gasteiger charge is -2.08. The van der Waals surface area contributed by atoms with Gasteiger partial charge >= 0.3 is 0 Å². The number of carbonyl (C=O) groups excluding carboxylic acids is 1. The van der Waals surface area contributed by atoms with Gasteiger partial charge in [-0.3, -0.25) is 9.78 Å². The molecule has 0 fully saturated rings. The molecule has 0 aromatic carbocycles. The maximum atomic E-state index is 11.9. The third-order valence-corrected chi connectivity index (χ3v) is 2.60. The van der Waals surface area contributed by atoms with Crippen LogP contribution in [0.15, 0.2) is 53.9 Å². The molecule has 3 heterocycles. The van der Waals surface area contributed by atoms with Crippen LogP contribution in [0.5, 0.6) is 0 Å². The van der Waals surface area contributed by atoms with Crippen molar-refractivity contribution in [3.8, 4) is 0 Å². The van der Waals surface area contributed by atoms with E-state index in [2.05, 4.69) is 15.1 Å². The lowest BCUT2D eigenvalue weighted by molar-refractivity contribution is -0.116. The quantitative estimate of drug-likeness (QED) is 0.798. The van der Waals surface area contributed by atoms with Gasteiger partial charge in [-0.15, -0.1) is 0 Å².